The second kappa shape index (κ2) is 8.66. The molecule has 0 radical (unpaired) electrons. The molecule has 1 unspecified atom stereocenters. The summed E-state index contributed by atoms with van der Waals surface area (Å²) in [5.74, 6) is 0.187. The summed E-state index contributed by atoms with van der Waals surface area (Å²) in [6, 6.07) is 9.75. The van der Waals surface area contributed by atoms with E-state index in [1.165, 1.54) is 6.07 Å². The summed E-state index contributed by atoms with van der Waals surface area (Å²) in [4.78, 5) is 14.2. The average Bonchev–Trinajstić information content (AvgIpc) is 3.14. The molecule has 0 aliphatic rings. The summed E-state index contributed by atoms with van der Waals surface area (Å²) in [7, 11) is -1.92. The fourth-order valence-corrected chi connectivity index (χ4v) is 4.38. The molecule has 0 saturated carbocycles. The van der Waals surface area contributed by atoms with Crippen molar-refractivity contribution in [2.75, 3.05) is 18.3 Å². The summed E-state index contributed by atoms with van der Waals surface area (Å²) < 4.78 is 27.4. The molecule has 0 aliphatic heterocycles. The third-order valence-corrected chi connectivity index (χ3v) is 6.90. The van der Waals surface area contributed by atoms with Gasteiger partial charge in [-0.2, -0.15) is 0 Å². The van der Waals surface area contributed by atoms with Crippen molar-refractivity contribution >= 4 is 33.0 Å². The number of carbonyl (C=O) groups excluding carboxylic acids is 1. The first-order valence-electron chi connectivity index (χ1n) is 8.38. The molecule has 1 heterocycles. The van der Waals surface area contributed by atoms with E-state index in [0.29, 0.717) is 30.1 Å². The van der Waals surface area contributed by atoms with Crippen molar-refractivity contribution < 1.29 is 13.2 Å². The molecule has 1 aromatic carbocycles. The summed E-state index contributed by atoms with van der Waals surface area (Å²) in [5, 5.41) is 1.70. The number of thiophene rings is 1. The van der Waals surface area contributed by atoms with E-state index in [9.17, 15) is 13.2 Å². The number of rotatable bonds is 8. The number of sulfonamides is 1. The number of hydrogen-bond acceptors (Lipinski definition) is 5. The summed E-state index contributed by atoms with van der Waals surface area (Å²) >= 11 is 1.14. The van der Waals surface area contributed by atoms with E-state index < -0.39 is 10.0 Å². The Labute approximate surface area is 159 Å². The first-order chi connectivity index (χ1) is 12.2. The van der Waals surface area contributed by atoms with E-state index in [4.69, 9.17) is 5.73 Å². The van der Waals surface area contributed by atoms with Gasteiger partial charge in [-0.3, -0.25) is 9.52 Å². The van der Waals surface area contributed by atoms with Gasteiger partial charge in [0, 0.05) is 30.9 Å². The van der Waals surface area contributed by atoms with Crippen molar-refractivity contribution in [3.05, 3.63) is 47.3 Å². The second-order valence-electron chi connectivity index (χ2n) is 6.54. The molecule has 0 bridgehead atoms. The van der Waals surface area contributed by atoms with Crippen LogP contribution in [0.3, 0.4) is 0 Å². The smallest absolute Gasteiger partial charge is 0.271 e. The quantitative estimate of drug-likeness (QED) is 0.719. The number of carbonyl (C=O) groups is 1. The minimum absolute atomic E-state index is 0.0363. The summed E-state index contributed by atoms with van der Waals surface area (Å²) in [5.41, 5.74) is 6.82. The van der Waals surface area contributed by atoms with Gasteiger partial charge in [0.1, 0.15) is 4.21 Å². The second-order valence-corrected chi connectivity index (χ2v) is 9.40. The van der Waals surface area contributed by atoms with Crippen LogP contribution in [-0.4, -0.2) is 38.9 Å². The van der Waals surface area contributed by atoms with Gasteiger partial charge < -0.3 is 10.6 Å². The first-order valence-corrected chi connectivity index (χ1v) is 10.7. The number of nitrogens with two attached hydrogens (primary N) is 1. The zero-order chi connectivity index (χ0) is 19.3. The third-order valence-electron chi connectivity index (χ3n) is 4.12. The van der Waals surface area contributed by atoms with Crippen LogP contribution in [0.2, 0.25) is 0 Å². The molecule has 8 heteroatoms. The summed E-state index contributed by atoms with van der Waals surface area (Å²) in [6.45, 7) is 4.65. The SMILES string of the molecule is CC(C)C(N)CCN(C)C(=O)c1cccc(NS(=O)(=O)c2cccs2)c1. The maximum absolute atomic E-state index is 12.6. The molecular formula is C18H25N3O3S2. The lowest BCUT2D eigenvalue weighted by atomic mass is 10.0. The molecule has 0 spiro atoms. The Morgan fingerprint density at radius 3 is 2.62 bits per heavy atom. The highest BCUT2D eigenvalue weighted by molar-refractivity contribution is 7.94. The number of benzene rings is 1. The minimum atomic E-state index is -3.64. The monoisotopic (exact) mass is 395 g/mol. The number of nitrogens with zero attached hydrogens (tertiary/aromatic N) is 1. The van der Waals surface area contributed by atoms with E-state index in [1.54, 1.807) is 47.7 Å². The van der Waals surface area contributed by atoms with Gasteiger partial charge in [0.2, 0.25) is 0 Å². The van der Waals surface area contributed by atoms with Crippen molar-refractivity contribution in [3.8, 4) is 0 Å². The summed E-state index contributed by atoms with van der Waals surface area (Å²) in [6.07, 6.45) is 0.713. The lowest BCUT2D eigenvalue weighted by Crippen LogP contribution is -2.34. The normalized spacial score (nSPS) is 12.8. The molecule has 142 valence electrons. The van der Waals surface area contributed by atoms with Crippen LogP contribution in [-0.2, 0) is 10.0 Å². The van der Waals surface area contributed by atoms with Crippen molar-refractivity contribution in [1.82, 2.24) is 4.90 Å². The predicted octanol–water partition coefficient (Wildman–Crippen LogP) is 2.99. The first kappa shape index (κ1) is 20.4. The van der Waals surface area contributed by atoms with E-state index in [1.807, 2.05) is 0 Å². The predicted molar refractivity (Wildman–Crippen MR) is 106 cm³/mol. The van der Waals surface area contributed by atoms with Gasteiger partial charge in [-0.1, -0.05) is 26.0 Å². The van der Waals surface area contributed by atoms with Gasteiger partial charge in [-0.25, -0.2) is 8.42 Å². The van der Waals surface area contributed by atoms with Crippen LogP contribution in [0.25, 0.3) is 0 Å². The van der Waals surface area contributed by atoms with Gasteiger partial charge in [-0.05, 0) is 42.0 Å². The highest BCUT2D eigenvalue weighted by Gasteiger charge is 2.18. The molecule has 2 rings (SSSR count). The van der Waals surface area contributed by atoms with Crippen LogP contribution in [0.4, 0.5) is 5.69 Å². The number of nitrogens with one attached hydrogen (secondary N) is 1. The van der Waals surface area contributed by atoms with E-state index in [2.05, 4.69) is 18.6 Å². The highest BCUT2D eigenvalue weighted by atomic mass is 32.2. The highest BCUT2D eigenvalue weighted by Crippen LogP contribution is 2.21. The Morgan fingerprint density at radius 2 is 2.00 bits per heavy atom. The minimum Gasteiger partial charge on any atom is -0.342 e. The molecule has 6 nitrogen and oxygen atoms in total. The Balaban J connectivity index is 2.07. The molecule has 3 N–H and O–H groups in total. The largest absolute Gasteiger partial charge is 0.342 e. The van der Waals surface area contributed by atoms with Crippen molar-refractivity contribution in [3.63, 3.8) is 0 Å². The van der Waals surface area contributed by atoms with Gasteiger partial charge in [0.15, 0.2) is 0 Å². The maximum atomic E-state index is 12.6. The van der Waals surface area contributed by atoms with Crippen LogP contribution in [0.15, 0.2) is 46.0 Å². The molecule has 1 amide bonds. The molecule has 1 atom stereocenters. The number of anilines is 1. The molecule has 0 saturated heterocycles. The van der Waals surface area contributed by atoms with E-state index in [-0.39, 0.29) is 16.2 Å². The standard InChI is InChI=1S/C18H25N3O3S2/c1-13(2)16(19)9-10-21(3)18(22)14-6-4-7-15(12-14)20-26(23,24)17-8-5-11-25-17/h4-8,11-13,16,20H,9-10,19H2,1-3H3. The fourth-order valence-electron chi connectivity index (χ4n) is 2.34. The Bertz CT molecular complexity index is 833. The van der Waals surface area contributed by atoms with Crippen LogP contribution in [0.1, 0.15) is 30.6 Å². The molecular weight excluding hydrogens is 370 g/mol. The van der Waals surface area contributed by atoms with E-state index >= 15 is 0 Å². The average molecular weight is 396 g/mol. The van der Waals surface area contributed by atoms with Crippen LogP contribution >= 0.6 is 11.3 Å². The van der Waals surface area contributed by atoms with Gasteiger partial charge >= 0.3 is 0 Å². The topological polar surface area (TPSA) is 92.5 Å². The maximum Gasteiger partial charge on any atom is 0.271 e. The van der Waals surface area contributed by atoms with Crippen molar-refractivity contribution in [1.29, 1.82) is 0 Å². The molecule has 26 heavy (non-hydrogen) atoms. The Hall–Kier alpha value is -1.90. The molecule has 0 fully saturated rings. The Morgan fingerprint density at radius 1 is 1.27 bits per heavy atom. The van der Waals surface area contributed by atoms with Crippen molar-refractivity contribution in [2.24, 2.45) is 11.7 Å². The lowest BCUT2D eigenvalue weighted by molar-refractivity contribution is 0.0789. The Kier molecular flexibility index (Phi) is 6.80. The van der Waals surface area contributed by atoms with Crippen LogP contribution in [0, 0.1) is 5.92 Å². The van der Waals surface area contributed by atoms with Crippen molar-refractivity contribution in [2.45, 2.75) is 30.5 Å². The third kappa shape index (κ3) is 5.30. The number of hydrogen-bond donors (Lipinski definition) is 2. The van der Waals surface area contributed by atoms with Gasteiger partial charge in [0.25, 0.3) is 15.9 Å². The zero-order valence-corrected chi connectivity index (χ0v) is 16.8. The molecule has 2 aromatic rings. The zero-order valence-electron chi connectivity index (χ0n) is 15.2. The molecule has 0 aliphatic carbocycles. The van der Waals surface area contributed by atoms with Crippen LogP contribution in [0.5, 0.6) is 0 Å². The fraction of sp³-hybridized carbons (Fsp3) is 0.389. The van der Waals surface area contributed by atoms with Gasteiger partial charge in [0.05, 0.1) is 0 Å². The van der Waals surface area contributed by atoms with E-state index in [0.717, 1.165) is 11.3 Å². The van der Waals surface area contributed by atoms with Crippen LogP contribution < -0.4 is 10.5 Å². The number of amides is 1. The van der Waals surface area contributed by atoms with Gasteiger partial charge in [-0.15, -0.1) is 11.3 Å². The lowest BCUT2D eigenvalue weighted by Gasteiger charge is -2.21. The molecule has 1 aromatic heterocycles.